The first-order valence-electron chi connectivity index (χ1n) is 5.99. The van der Waals surface area contributed by atoms with Crippen LogP contribution in [0, 0.1) is 5.41 Å². The van der Waals surface area contributed by atoms with Crippen LogP contribution in [0.25, 0.3) is 0 Å². The number of methoxy groups -OCH3 is 1. The van der Waals surface area contributed by atoms with Gasteiger partial charge in [0, 0.05) is 12.5 Å². The molecule has 16 heavy (non-hydrogen) atoms. The SMILES string of the molecule is COCOC1CCCC1(CO)CC=C(C)C. The molecule has 1 aliphatic carbocycles. The van der Waals surface area contributed by atoms with Crippen molar-refractivity contribution in [1.82, 2.24) is 0 Å². The number of hydrogen-bond donors (Lipinski definition) is 1. The van der Waals surface area contributed by atoms with E-state index < -0.39 is 0 Å². The van der Waals surface area contributed by atoms with Crippen LogP contribution >= 0.6 is 0 Å². The van der Waals surface area contributed by atoms with Crippen molar-refractivity contribution in [1.29, 1.82) is 0 Å². The molecule has 0 aromatic carbocycles. The van der Waals surface area contributed by atoms with E-state index in [9.17, 15) is 5.11 Å². The summed E-state index contributed by atoms with van der Waals surface area (Å²) in [4.78, 5) is 0. The third-order valence-corrected chi connectivity index (χ3v) is 3.44. The van der Waals surface area contributed by atoms with Crippen LogP contribution in [0.5, 0.6) is 0 Å². The zero-order valence-electron chi connectivity index (χ0n) is 10.7. The number of aliphatic hydroxyl groups excluding tert-OH is 1. The summed E-state index contributed by atoms with van der Waals surface area (Å²) in [7, 11) is 1.63. The number of rotatable bonds is 6. The Morgan fingerprint density at radius 3 is 2.81 bits per heavy atom. The topological polar surface area (TPSA) is 38.7 Å². The molecule has 0 spiro atoms. The van der Waals surface area contributed by atoms with Gasteiger partial charge in [-0.1, -0.05) is 18.1 Å². The number of ether oxygens (including phenoxy) is 2. The van der Waals surface area contributed by atoms with Crippen molar-refractivity contribution in [2.45, 2.75) is 45.6 Å². The molecule has 1 rings (SSSR count). The predicted molar refractivity (Wildman–Crippen MR) is 64.2 cm³/mol. The van der Waals surface area contributed by atoms with Gasteiger partial charge in [-0.15, -0.1) is 0 Å². The molecule has 1 saturated carbocycles. The maximum absolute atomic E-state index is 9.65. The molecule has 1 fully saturated rings. The summed E-state index contributed by atoms with van der Waals surface area (Å²) < 4.78 is 10.6. The molecule has 0 amide bonds. The van der Waals surface area contributed by atoms with Crippen molar-refractivity contribution >= 4 is 0 Å². The summed E-state index contributed by atoms with van der Waals surface area (Å²) in [6.07, 6.45) is 6.44. The van der Waals surface area contributed by atoms with E-state index in [1.54, 1.807) is 7.11 Å². The second-order valence-corrected chi connectivity index (χ2v) is 4.96. The summed E-state index contributed by atoms with van der Waals surface area (Å²) >= 11 is 0. The molecule has 0 aliphatic heterocycles. The number of hydrogen-bond acceptors (Lipinski definition) is 3. The highest BCUT2D eigenvalue weighted by Gasteiger charge is 2.42. The molecular weight excluding hydrogens is 204 g/mol. The minimum atomic E-state index is -0.0875. The highest BCUT2D eigenvalue weighted by atomic mass is 16.7. The molecule has 0 bridgehead atoms. The molecule has 0 radical (unpaired) electrons. The van der Waals surface area contributed by atoms with Gasteiger partial charge in [0.25, 0.3) is 0 Å². The van der Waals surface area contributed by atoms with E-state index in [-0.39, 0.29) is 18.1 Å². The Morgan fingerprint density at radius 1 is 1.50 bits per heavy atom. The van der Waals surface area contributed by atoms with E-state index in [1.165, 1.54) is 5.57 Å². The van der Waals surface area contributed by atoms with Gasteiger partial charge in [0.2, 0.25) is 0 Å². The van der Waals surface area contributed by atoms with Gasteiger partial charge >= 0.3 is 0 Å². The number of allylic oxidation sites excluding steroid dienone is 2. The molecule has 94 valence electrons. The van der Waals surface area contributed by atoms with Crippen LogP contribution in [-0.4, -0.2) is 31.7 Å². The molecule has 2 atom stereocenters. The quantitative estimate of drug-likeness (QED) is 0.561. The summed E-state index contributed by atoms with van der Waals surface area (Å²) in [6.45, 7) is 4.70. The Kier molecular flexibility index (Phi) is 5.46. The largest absolute Gasteiger partial charge is 0.396 e. The molecule has 0 heterocycles. The Labute approximate surface area is 98.4 Å². The van der Waals surface area contributed by atoms with E-state index in [1.807, 2.05) is 0 Å². The summed E-state index contributed by atoms with van der Waals surface area (Å²) in [5.41, 5.74) is 1.21. The third kappa shape index (κ3) is 3.30. The van der Waals surface area contributed by atoms with Crippen LogP contribution in [0.15, 0.2) is 11.6 Å². The fraction of sp³-hybridized carbons (Fsp3) is 0.846. The molecule has 3 nitrogen and oxygen atoms in total. The zero-order chi connectivity index (χ0) is 12.0. The average molecular weight is 228 g/mol. The second kappa shape index (κ2) is 6.38. The van der Waals surface area contributed by atoms with Crippen molar-refractivity contribution in [3.63, 3.8) is 0 Å². The fourth-order valence-electron chi connectivity index (χ4n) is 2.40. The Balaban J connectivity index is 2.64. The van der Waals surface area contributed by atoms with Crippen molar-refractivity contribution in [3.8, 4) is 0 Å². The Hall–Kier alpha value is -0.380. The van der Waals surface area contributed by atoms with Crippen LogP contribution in [0.3, 0.4) is 0 Å². The van der Waals surface area contributed by atoms with Crippen LogP contribution in [0.1, 0.15) is 39.5 Å². The van der Waals surface area contributed by atoms with Gasteiger partial charge < -0.3 is 14.6 Å². The maximum atomic E-state index is 9.65. The van der Waals surface area contributed by atoms with Crippen LogP contribution < -0.4 is 0 Å². The van der Waals surface area contributed by atoms with Gasteiger partial charge in [0.05, 0.1) is 12.7 Å². The van der Waals surface area contributed by atoms with Crippen LogP contribution in [0.2, 0.25) is 0 Å². The Morgan fingerprint density at radius 2 is 2.25 bits per heavy atom. The van der Waals surface area contributed by atoms with Gasteiger partial charge in [0.15, 0.2) is 0 Å². The molecular formula is C13H24O3. The highest BCUT2D eigenvalue weighted by molar-refractivity contribution is 5.02. The van der Waals surface area contributed by atoms with E-state index in [4.69, 9.17) is 9.47 Å². The lowest BCUT2D eigenvalue weighted by Gasteiger charge is -2.32. The van der Waals surface area contributed by atoms with Gasteiger partial charge in [-0.25, -0.2) is 0 Å². The molecule has 1 aliphatic rings. The normalized spacial score (nSPS) is 29.4. The molecule has 1 N–H and O–H groups in total. The first-order chi connectivity index (χ1) is 7.64. The van der Waals surface area contributed by atoms with Crippen LogP contribution in [0.4, 0.5) is 0 Å². The first kappa shape index (κ1) is 13.7. The van der Waals surface area contributed by atoms with E-state index in [0.717, 1.165) is 25.7 Å². The maximum Gasteiger partial charge on any atom is 0.146 e. The minimum absolute atomic E-state index is 0.0875. The van der Waals surface area contributed by atoms with Gasteiger partial charge in [-0.3, -0.25) is 0 Å². The third-order valence-electron chi connectivity index (χ3n) is 3.44. The van der Waals surface area contributed by atoms with Gasteiger partial charge in [0.1, 0.15) is 6.79 Å². The smallest absolute Gasteiger partial charge is 0.146 e. The summed E-state index contributed by atoms with van der Waals surface area (Å²) in [5, 5.41) is 9.65. The van der Waals surface area contributed by atoms with Crippen molar-refractivity contribution in [2.24, 2.45) is 5.41 Å². The predicted octanol–water partition coefficient (Wildman–Crippen LogP) is 2.49. The minimum Gasteiger partial charge on any atom is -0.396 e. The molecule has 3 heteroatoms. The van der Waals surface area contributed by atoms with E-state index in [2.05, 4.69) is 19.9 Å². The van der Waals surface area contributed by atoms with Crippen molar-refractivity contribution < 1.29 is 14.6 Å². The lowest BCUT2D eigenvalue weighted by atomic mass is 9.81. The highest BCUT2D eigenvalue weighted by Crippen LogP contribution is 2.43. The molecule has 2 unspecified atom stereocenters. The Bertz CT molecular complexity index is 233. The van der Waals surface area contributed by atoms with Gasteiger partial charge in [-0.2, -0.15) is 0 Å². The number of aliphatic hydroxyl groups is 1. The molecule has 0 saturated heterocycles. The second-order valence-electron chi connectivity index (χ2n) is 4.96. The van der Waals surface area contributed by atoms with E-state index in [0.29, 0.717) is 6.79 Å². The zero-order valence-corrected chi connectivity index (χ0v) is 10.7. The molecule has 0 aromatic heterocycles. The van der Waals surface area contributed by atoms with Crippen molar-refractivity contribution in [2.75, 3.05) is 20.5 Å². The van der Waals surface area contributed by atoms with E-state index >= 15 is 0 Å². The fourth-order valence-corrected chi connectivity index (χ4v) is 2.40. The lowest BCUT2D eigenvalue weighted by molar-refractivity contribution is -0.117. The standard InChI is InChI=1S/C13H24O3/c1-11(2)6-8-13(9-14)7-4-5-12(13)16-10-15-3/h6,12,14H,4-5,7-10H2,1-3H3. The summed E-state index contributed by atoms with van der Waals surface area (Å²) in [5.74, 6) is 0. The first-order valence-corrected chi connectivity index (χ1v) is 5.99. The lowest BCUT2D eigenvalue weighted by Crippen LogP contribution is -2.36. The summed E-state index contributed by atoms with van der Waals surface area (Å²) in [6, 6.07) is 0. The molecule has 0 aromatic rings. The van der Waals surface area contributed by atoms with Crippen molar-refractivity contribution in [3.05, 3.63) is 11.6 Å². The van der Waals surface area contributed by atoms with Gasteiger partial charge in [-0.05, 0) is 33.1 Å². The average Bonchev–Trinajstić information content (AvgIpc) is 2.67. The monoisotopic (exact) mass is 228 g/mol. The van der Waals surface area contributed by atoms with Crippen LogP contribution in [-0.2, 0) is 9.47 Å².